The number of benzene rings is 1. The zero-order chi connectivity index (χ0) is 23.2. The molecule has 174 valence electrons. The molecule has 1 aliphatic carbocycles. The topological polar surface area (TPSA) is 71.4 Å². The van der Waals surface area contributed by atoms with Crippen LogP contribution >= 0.6 is 0 Å². The van der Waals surface area contributed by atoms with E-state index in [0.29, 0.717) is 19.0 Å². The molecule has 1 N–H and O–H groups in total. The Morgan fingerprint density at radius 3 is 2.42 bits per heavy atom. The van der Waals surface area contributed by atoms with Gasteiger partial charge in [-0.1, -0.05) is 49.2 Å². The maximum Gasteiger partial charge on any atom is 0.259 e. The predicted octanol–water partition coefficient (Wildman–Crippen LogP) is 4.29. The number of likely N-dealkylation sites (tertiary alicyclic amines) is 1. The summed E-state index contributed by atoms with van der Waals surface area (Å²) in [5.74, 6) is -0.310. The fraction of sp³-hybridized carbons (Fsp3) is 0.444. The summed E-state index contributed by atoms with van der Waals surface area (Å²) in [7, 11) is 0. The second-order valence-corrected chi connectivity index (χ2v) is 9.13. The predicted molar refractivity (Wildman–Crippen MR) is 130 cm³/mol. The summed E-state index contributed by atoms with van der Waals surface area (Å²) in [6.07, 6.45) is 11.9. The Morgan fingerprint density at radius 2 is 1.70 bits per heavy atom. The van der Waals surface area contributed by atoms with Crippen LogP contribution in [0, 0.1) is 0 Å². The van der Waals surface area contributed by atoms with Gasteiger partial charge in [0.2, 0.25) is 5.43 Å². The van der Waals surface area contributed by atoms with E-state index in [1.807, 2.05) is 10.6 Å². The minimum Gasteiger partial charge on any atom is -0.349 e. The average molecular weight is 448 g/mol. The van der Waals surface area contributed by atoms with Crippen LogP contribution in [0.15, 0.2) is 60.2 Å². The third kappa shape index (κ3) is 5.27. The molecule has 1 atom stereocenters. The third-order valence-corrected chi connectivity index (χ3v) is 6.96. The molecule has 1 saturated heterocycles. The number of amides is 2. The second kappa shape index (κ2) is 10.6. The number of hydrogen-bond donors (Lipinski definition) is 1. The highest BCUT2D eigenvalue weighted by atomic mass is 16.2. The molecule has 2 aromatic rings. The number of aromatic nitrogens is 1. The number of rotatable bonds is 6. The molecule has 0 bridgehead atoms. The van der Waals surface area contributed by atoms with Crippen molar-refractivity contribution >= 4 is 11.8 Å². The molecule has 1 aromatic heterocycles. The lowest BCUT2D eigenvalue weighted by atomic mass is 9.92. The van der Waals surface area contributed by atoms with Crippen LogP contribution < -0.4 is 10.7 Å². The molecule has 1 saturated carbocycles. The highest BCUT2D eigenvalue weighted by Crippen LogP contribution is 2.30. The van der Waals surface area contributed by atoms with Crippen LogP contribution in [-0.4, -0.2) is 40.9 Å². The van der Waals surface area contributed by atoms with Crippen molar-refractivity contribution in [2.24, 2.45) is 0 Å². The number of carbonyl (C=O) groups excluding carboxylic acids is 2. The first kappa shape index (κ1) is 23.0. The molecule has 2 fully saturated rings. The zero-order valence-corrected chi connectivity index (χ0v) is 19.2. The lowest BCUT2D eigenvalue weighted by Gasteiger charge is -2.23. The summed E-state index contributed by atoms with van der Waals surface area (Å²) in [6, 6.07) is 10.6. The zero-order valence-electron chi connectivity index (χ0n) is 19.2. The summed E-state index contributed by atoms with van der Waals surface area (Å²) < 4.78 is 1.93. The molecular weight excluding hydrogens is 414 g/mol. The smallest absolute Gasteiger partial charge is 0.259 e. The Balaban J connectivity index is 1.60. The fourth-order valence-corrected chi connectivity index (χ4v) is 5.11. The summed E-state index contributed by atoms with van der Waals surface area (Å²) in [5, 5.41) is 2.69. The molecular formula is C27H33N3O3. The third-order valence-electron chi connectivity index (χ3n) is 6.96. The van der Waals surface area contributed by atoms with Gasteiger partial charge < -0.3 is 14.8 Å². The normalized spacial score (nSPS) is 19.2. The van der Waals surface area contributed by atoms with Crippen molar-refractivity contribution in [3.8, 4) is 0 Å². The summed E-state index contributed by atoms with van der Waals surface area (Å²) >= 11 is 0. The average Bonchev–Trinajstić information content (AvgIpc) is 3.27. The van der Waals surface area contributed by atoms with Gasteiger partial charge in [-0.05, 0) is 43.6 Å². The van der Waals surface area contributed by atoms with Gasteiger partial charge in [-0.2, -0.15) is 0 Å². The molecule has 1 aliphatic heterocycles. The first-order valence-electron chi connectivity index (χ1n) is 12.1. The Hall–Kier alpha value is -3.15. The quantitative estimate of drug-likeness (QED) is 0.672. The first-order chi connectivity index (χ1) is 16.1. The van der Waals surface area contributed by atoms with E-state index in [1.54, 1.807) is 23.4 Å². The van der Waals surface area contributed by atoms with Gasteiger partial charge in [-0.3, -0.25) is 14.4 Å². The number of pyridine rings is 1. The standard InChI is InChI=1S/C27H33N3O3/c1-2-15-28-26(32)23-18-30(22-12-6-7-13-22)19-24(25(23)31)27(33)29-16-8-11-21(14-17-29)20-9-4-3-5-10-20/h2-5,9-10,18-19,21-22H,1,6-8,11-17H2,(H,28,32)/t21-/m0/s1. The summed E-state index contributed by atoms with van der Waals surface area (Å²) in [5.41, 5.74) is 0.953. The van der Waals surface area contributed by atoms with Gasteiger partial charge in [0.1, 0.15) is 11.1 Å². The molecule has 33 heavy (non-hydrogen) atoms. The van der Waals surface area contributed by atoms with Crippen molar-refractivity contribution < 1.29 is 9.59 Å². The van der Waals surface area contributed by atoms with Crippen LogP contribution in [0.2, 0.25) is 0 Å². The monoisotopic (exact) mass is 447 g/mol. The number of carbonyl (C=O) groups is 2. The van der Waals surface area contributed by atoms with Crippen molar-refractivity contribution in [1.29, 1.82) is 0 Å². The Bertz CT molecular complexity index is 1050. The molecule has 0 radical (unpaired) electrons. The van der Waals surface area contributed by atoms with E-state index in [1.165, 1.54) is 5.56 Å². The molecule has 0 spiro atoms. The van der Waals surface area contributed by atoms with Crippen molar-refractivity contribution in [1.82, 2.24) is 14.8 Å². The van der Waals surface area contributed by atoms with Gasteiger partial charge in [0.25, 0.3) is 11.8 Å². The van der Waals surface area contributed by atoms with Gasteiger partial charge in [-0.15, -0.1) is 6.58 Å². The minimum atomic E-state index is -0.486. The van der Waals surface area contributed by atoms with Crippen molar-refractivity contribution in [3.05, 3.63) is 82.3 Å². The van der Waals surface area contributed by atoms with Crippen LogP contribution in [0.25, 0.3) is 0 Å². The van der Waals surface area contributed by atoms with Crippen molar-refractivity contribution in [3.63, 3.8) is 0 Å². The van der Waals surface area contributed by atoms with Gasteiger partial charge in [0.05, 0.1) is 0 Å². The molecule has 2 aliphatic rings. The Labute approximate surface area is 195 Å². The number of nitrogens with one attached hydrogen (secondary N) is 1. The van der Waals surface area contributed by atoms with Crippen LogP contribution in [0.1, 0.15) is 83.2 Å². The lowest BCUT2D eigenvalue weighted by molar-refractivity contribution is 0.0758. The molecule has 2 heterocycles. The molecule has 4 rings (SSSR count). The van der Waals surface area contributed by atoms with Gasteiger partial charge >= 0.3 is 0 Å². The van der Waals surface area contributed by atoms with E-state index in [9.17, 15) is 14.4 Å². The van der Waals surface area contributed by atoms with Gasteiger partial charge in [-0.25, -0.2) is 0 Å². The van der Waals surface area contributed by atoms with E-state index in [2.05, 4.69) is 36.2 Å². The van der Waals surface area contributed by atoms with Crippen LogP contribution in [0.5, 0.6) is 0 Å². The van der Waals surface area contributed by atoms with Crippen LogP contribution in [0.4, 0.5) is 0 Å². The number of hydrogen-bond acceptors (Lipinski definition) is 3. The second-order valence-electron chi connectivity index (χ2n) is 9.13. The van der Waals surface area contributed by atoms with E-state index in [-0.39, 0.29) is 29.6 Å². The van der Waals surface area contributed by atoms with Gasteiger partial charge in [0, 0.05) is 38.1 Å². The molecule has 2 amide bonds. The number of nitrogens with zero attached hydrogens (tertiary/aromatic N) is 2. The maximum atomic E-state index is 13.5. The lowest BCUT2D eigenvalue weighted by Crippen LogP contribution is -2.38. The molecule has 6 heteroatoms. The molecule has 0 unspecified atom stereocenters. The summed E-state index contributed by atoms with van der Waals surface area (Å²) in [4.78, 5) is 41.3. The maximum absolute atomic E-state index is 13.5. The van der Waals surface area contributed by atoms with E-state index < -0.39 is 11.3 Å². The van der Waals surface area contributed by atoms with Crippen LogP contribution in [0.3, 0.4) is 0 Å². The van der Waals surface area contributed by atoms with E-state index in [0.717, 1.165) is 44.9 Å². The highest BCUT2D eigenvalue weighted by molar-refractivity contribution is 5.99. The largest absolute Gasteiger partial charge is 0.349 e. The first-order valence-corrected chi connectivity index (χ1v) is 12.1. The van der Waals surface area contributed by atoms with Crippen LogP contribution in [-0.2, 0) is 0 Å². The Kier molecular flexibility index (Phi) is 7.43. The SMILES string of the molecule is C=CCNC(=O)c1cn(C2CCCC2)cc(C(=O)N2CCC[C@H](c3ccccc3)CC2)c1=O. The Morgan fingerprint density at radius 1 is 0.970 bits per heavy atom. The highest BCUT2D eigenvalue weighted by Gasteiger charge is 2.28. The molecule has 6 nitrogen and oxygen atoms in total. The van der Waals surface area contributed by atoms with E-state index in [4.69, 9.17) is 0 Å². The fourth-order valence-electron chi connectivity index (χ4n) is 5.11. The minimum absolute atomic E-state index is 0.0339. The molecule has 1 aromatic carbocycles. The van der Waals surface area contributed by atoms with Crippen molar-refractivity contribution in [2.75, 3.05) is 19.6 Å². The summed E-state index contributed by atoms with van der Waals surface area (Å²) in [6.45, 7) is 5.11. The van der Waals surface area contributed by atoms with Crippen molar-refractivity contribution in [2.45, 2.75) is 56.9 Å². The van der Waals surface area contributed by atoms with E-state index >= 15 is 0 Å². The van der Waals surface area contributed by atoms with Gasteiger partial charge in [0.15, 0.2) is 0 Å².